The van der Waals surface area contributed by atoms with E-state index in [0.717, 1.165) is 49.7 Å². The van der Waals surface area contributed by atoms with Gasteiger partial charge in [-0.15, -0.1) is 0 Å². The van der Waals surface area contributed by atoms with E-state index < -0.39 is 36.1 Å². The summed E-state index contributed by atoms with van der Waals surface area (Å²) < 4.78 is 22.6. The van der Waals surface area contributed by atoms with Gasteiger partial charge in [0.1, 0.15) is 12.2 Å². The summed E-state index contributed by atoms with van der Waals surface area (Å²) in [6, 6.07) is 19.8. The summed E-state index contributed by atoms with van der Waals surface area (Å²) in [6.07, 6.45) is 28.1. The molecule has 2 rings (SSSR count). The number of hydrogen-bond donors (Lipinski definition) is 0. The molecule has 0 saturated carbocycles. The number of hydrogen-bond acceptors (Lipinski definition) is 10. The number of carbonyl (C=O) groups is 4. The molecular weight excluding hydrogens is 946 g/mol. The molecule has 0 amide bonds. The van der Waals surface area contributed by atoms with E-state index in [9.17, 15) is 29.4 Å². The van der Waals surface area contributed by atoms with E-state index in [1.165, 1.54) is 129 Å². The molecule has 0 aliphatic rings. The maximum Gasteiger partial charge on any atom is 2.00 e. The van der Waals surface area contributed by atoms with Crippen molar-refractivity contribution in [2.45, 2.75) is 245 Å². The number of carbonyl (C=O) groups excluding carboxylic acids is 4. The molecule has 4 unspecified atom stereocenters. The summed E-state index contributed by atoms with van der Waals surface area (Å²) in [7, 11) is 0. The van der Waals surface area contributed by atoms with Crippen molar-refractivity contribution in [2.75, 3.05) is 0 Å². The smallest absolute Gasteiger partial charge is 0.550 e. The Kier molecular flexibility index (Phi) is 42.8. The van der Waals surface area contributed by atoms with Gasteiger partial charge in [-0.3, -0.25) is 9.59 Å². The molecule has 0 saturated heterocycles. The molecule has 11 heteroatoms. The van der Waals surface area contributed by atoms with Crippen LogP contribution in [0.1, 0.15) is 219 Å². The van der Waals surface area contributed by atoms with Crippen LogP contribution < -0.4 is 10.2 Å². The first-order chi connectivity index (χ1) is 31.0. The Labute approximate surface area is 434 Å². The molecule has 0 radical (unpaired) electrons. The summed E-state index contributed by atoms with van der Waals surface area (Å²) in [6.45, 7) is 8.01. The van der Waals surface area contributed by atoms with Gasteiger partial charge in [0, 0.05) is 51.5 Å². The van der Waals surface area contributed by atoms with Gasteiger partial charge >= 0.3 is 60.8 Å². The molecule has 0 spiro atoms. The Bertz CT molecular complexity index is 1290. The summed E-state index contributed by atoms with van der Waals surface area (Å²) in [5.74, 6) is -3.39. The van der Waals surface area contributed by atoms with Crippen LogP contribution in [0.15, 0.2) is 60.7 Å². The molecule has 65 heavy (non-hydrogen) atoms. The third kappa shape index (κ3) is 40.6. The maximum atomic E-state index is 11.4. The molecule has 0 aliphatic heterocycles. The molecule has 0 aromatic heterocycles. The van der Waals surface area contributed by atoms with Gasteiger partial charge in [-0.1, -0.05) is 216 Å². The van der Waals surface area contributed by atoms with Crippen molar-refractivity contribution in [3.05, 3.63) is 71.8 Å². The van der Waals surface area contributed by atoms with E-state index in [1.54, 1.807) is 0 Å². The Hall–Kier alpha value is -2.19. The van der Waals surface area contributed by atoms with E-state index in [4.69, 9.17) is 18.9 Å². The predicted octanol–water partition coefficient (Wildman–Crippen LogP) is 11.1. The van der Waals surface area contributed by atoms with Crippen LogP contribution in [0.2, 0.25) is 0 Å². The van der Waals surface area contributed by atoms with Crippen LogP contribution in [0.25, 0.3) is 0 Å². The molecule has 364 valence electrons. The van der Waals surface area contributed by atoms with Crippen molar-refractivity contribution < 1.29 is 48.3 Å². The van der Waals surface area contributed by atoms with Crippen molar-refractivity contribution >= 4 is 72.8 Å². The second-order valence-electron chi connectivity index (χ2n) is 17.6. The molecule has 0 bridgehead atoms. The number of unbranched alkanes of at least 4 members (excludes halogenated alkanes) is 20. The van der Waals surface area contributed by atoms with Crippen LogP contribution in [-0.2, 0) is 51.3 Å². The first kappa shape index (κ1) is 62.8. The quantitative estimate of drug-likeness (QED) is 0.0358. The summed E-state index contributed by atoms with van der Waals surface area (Å²) in [5, 5.41) is 22.1. The van der Waals surface area contributed by atoms with Crippen LogP contribution >= 0.6 is 0 Å². The van der Waals surface area contributed by atoms with Crippen molar-refractivity contribution in [3.8, 4) is 0 Å². The number of carboxylic acids is 2. The number of benzene rings is 2. The van der Waals surface area contributed by atoms with Crippen LogP contribution in [0.4, 0.5) is 0 Å². The third-order valence-electron chi connectivity index (χ3n) is 11.4. The zero-order valence-electron chi connectivity index (χ0n) is 41.1. The molecule has 0 aliphatic carbocycles. The van der Waals surface area contributed by atoms with Crippen molar-refractivity contribution in [1.82, 2.24) is 0 Å². The fraction of sp³-hybridized carbons (Fsp3) is 0.704. The largest absolute Gasteiger partial charge is 2.00 e. The average molecular weight is 1030 g/mol. The molecule has 4 atom stereocenters. The topological polar surface area (TPSA) is 151 Å². The van der Waals surface area contributed by atoms with E-state index in [1.807, 2.05) is 60.7 Å². The number of aliphatic carboxylic acids is 2. The zero-order valence-corrected chi connectivity index (χ0v) is 45.5. The van der Waals surface area contributed by atoms with E-state index in [2.05, 4.69) is 13.8 Å². The van der Waals surface area contributed by atoms with Crippen LogP contribution in [0.3, 0.4) is 0 Å². The first-order valence-electron chi connectivity index (χ1n) is 25.1. The summed E-state index contributed by atoms with van der Waals surface area (Å²) >= 11 is 0. The van der Waals surface area contributed by atoms with Crippen molar-refractivity contribution in [1.29, 1.82) is 0 Å². The first-order valence-corrected chi connectivity index (χ1v) is 25.1. The maximum absolute atomic E-state index is 11.4. The zero-order chi connectivity index (χ0) is 46.9. The molecule has 2 aromatic rings. The fourth-order valence-corrected chi connectivity index (χ4v) is 7.96. The van der Waals surface area contributed by atoms with Gasteiger partial charge in [0.15, 0.2) is 0 Å². The number of ether oxygens (including phenoxy) is 4. The summed E-state index contributed by atoms with van der Waals surface area (Å²) in [5.41, 5.74) is 2.14. The van der Waals surface area contributed by atoms with E-state index >= 15 is 0 Å². The molecule has 2 aromatic carbocycles. The van der Waals surface area contributed by atoms with Gasteiger partial charge in [0.2, 0.25) is 0 Å². The van der Waals surface area contributed by atoms with Crippen molar-refractivity contribution in [3.63, 3.8) is 0 Å². The molecular formula is C54H86BaO10. The Balaban J connectivity index is 0.00000124. The Morgan fingerprint density at radius 3 is 0.969 bits per heavy atom. The summed E-state index contributed by atoms with van der Waals surface area (Å²) in [4.78, 5) is 44.9. The Morgan fingerprint density at radius 2 is 0.708 bits per heavy atom. The van der Waals surface area contributed by atoms with Gasteiger partial charge < -0.3 is 38.7 Å². The van der Waals surface area contributed by atoms with Gasteiger partial charge in [0.05, 0.1) is 25.4 Å². The minimum atomic E-state index is -1.22. The fourth-order valence-electron chi connectivity index (χ4n) is 7.96. The van der Waals surface area contributed by atoms with Crippen LogP contribution in [0, 0.1) is 0 Å². The molecule has 0 N–H and O–H groups in total. The minimum absolute atomic E-state index is 0. The monoisotopic (exact) mass is 1030 g/mol. The van der Waals surface area contributed by atoms with E-state index in [0.29, 0.717) is 26.1 Å². The van der Waals surface area contributed by atoms with Gasteiger partial charge in [0.25, 0.3) is 0 Å². The Morgan fingerprint density at radius 1 is 0.431 bits per heavy atom. The van der Waals surface area contributed by atoms with Gasteiger partial charge in [-0.05, 0) is 24.0 Å². The molecule has 10 nitrogen and oxygen atoms in total. The van der Waals surface area contributed by atoms with Crippen LogP contribution in [0.5, 0.6) is 0 Å². The standard InChI is InChI=1S/2C27H44O5.Ba/c2*1-3-4-5-6-7-8-9-10-11-12-16-19-25(31-22-24-17-14-13-15-18-24)20-26(21-27(29)30)32-23(2)28;/h2*13-15,17-18,25-26H,3-12,16,19-22H2,1-2H3,(H,29,30);/q;;+2/p-2. The number of carboxylic acid groups (broad SMARTS) is 2. The second-order valence-corrected chi connectivity index (χ2v) is 17.6. The molecule has 0 heterocycles. The van der Waals surface area contributed by atoms with Crippen LogP contribution in [-0.4, -0.2) is 97.2 Å². The van der Waals surface area contributed by atoms with Gasteiger partial charge in [-0.2, -0.15) is 0 Å². The van der Waals surface area contributed by atoms with Crippen molar-refractivity contribution in [2.24, 2.45) is 0 Å². The number of esters is 2. The molecule has 0 fully saturated rings. The second kappa shape index (κ2) is 44.3. The van der Waals surface area contributed by atoms with E-state index in [-0.39, 0.29) is 73.9 Å². The minimum Gasteiger partial charge on any atom is -0.550 e. The SMILES string of the molecule is CCCCCCCCCCCCCC(CC(CC(=O)[O-])OC(C)=O)OCc1ccccc1.CCCCCCCCCCCCCC(CC(CC(=O)[O-])OC(C)=O)OCc1ccccc1.[Ba+2]. The average Bonchev–Trinajstić information content (AvgIpc) is 3.25. The predicted molar refractivity (Wildman–Crippen MR) is 258 cm³/mol. The third-order valence-corrected chi connectivity index (χ3v) is 11.4. The normalized spacial score (nSPS) is 12.7. The number of rotatable bonds is 40. The van der Waals surface area contributed by atoms with Gasteiger partial charge in [-0.25, -0.2) is 0 Å².